The summed E-state index contributed by atoms with van der Waals surface area (Å²) in [5.41, 5.74) is -0.160. The van der Waals surface area contributed by atoms with Gasteiger partial charge < -0.3 is 0 Å². The highest BCUT2D eigenvalue weighted by Crippen LogP contribution is 2.47. The lowest BCUT2D eigenvalue weighted by Crippen LogP contribution is -2.28. The number of carbonyl (C=O) groups is 1. The van der Waals surface area contributed by atoms with Crippen LogP contribution in [0.25, 0.3) is 0 Å². The topological polar surface area (TPSA) is 17.1 Å². The molecule has 0 amide bonds. The average Bonchev–Trinajstić information content (AvgIpc) is 2.22. The Morgan fingerprint density at radius 2 is 1.41 bits per heavy atom. The van der Waals surface area contributed by atoms with Gasteiger partial charge in [0, 0.05) is 11.2 Å². The molecule has 0 rings (SSSR count). The Bertz CT molecular complexity index is 220. The van der Waals surface area contributed by atoms with Gasteiger partial charge in [0.15, 0.2) is 0 Å². The van der Waals surface area contributed by atoms with Gasteiger partial charge in [-0.1, -0.05) is 47.5 Å². The molecular formula is C15H32OS. The van der Waals surface area contributed by atoms with E-state index in [1.165, 1.54) is 37.2 Å². The van der Waals surface area contributed by atoms with Gasteiger partial charge in [-0.15, -0.1) is 0 Å². The normalized spacial score (nSPS) is 13.8. The van der Waals surface area contributed by atoms with E-state index in [1.54, 1.807) is 0 Å². The molecule has 0 aromatic heterocycles. The van der Waals surface area contributed by atoms with Crippen molar-refractivity contribution in [3.05, 3.63) is 0 Å². The highest BCUT2D eigenvalue weighted by Gasteiger charge is 2.28. The molecule has 2 heteroatoms. The molecule has 1 nitrogen and oxygen atoms in total. The number of ketones is 1. The molecule has 104 valence electrons. The van der Waals surface area contributed by atoms with Crippen molar-refractivity contribution >= 4 is 15.8 Å². The van der Waals surface area contributed by atoms with Gasteiger partial charge in [-0.05, 0) is 30.6 Å². The summed E-state index contributed by atoms with van der Waals surface area (Å²) in [5.74, 6) is 3.87. The maximum Gasteiger partial charge on any atom is 0.146 e. The zero-order valence-electron chi connectivity index (χ0n) is 12.8. The van der Waals surface area contributed by atoms with Gasteiger partial charge in [-0.2, -0.15) is 0 Å². The molecule has 0 aromatic carbocycles. The van der Waals surface area contributed by atoms with Crippen molar-refractivity contribution in [3.63, 3.8) is 0 Å². The Morgan fingerprint density at radius 1 is 1.00 bits per heavy atom. The zero-order chi connectivity index (χ0) is 13.5. The molecule has 0 heterocycles. The third-order valence-corrected chi connectivity index (χ3v) is 6.81. The number of unbranched alkanes of at least 4 members (excludes halogenated alkanes) is 2. The summed E-state index contributed by atoms with van der Waals surface area (Å²) in [5, 5.41) is 0. The molecule has 0 N–H and O–H groups in total. The van der Waals surface area contributed by atoms with Crippen molar-refractivity contribution in [1.82, 2.24) is 0 Å². The Balaban J connectivity index is 4.51. The lowest BCUT2D eigenvalue weighted by Gasteiger charge is -2.37. The average molecular weight is 260 g/mol. The van der Waals surface area contributed by atoms with Crippen LogP contribution >= 0.6 is 10.0 Å². The summed E-state index contributed by atoms with van der Waals surface area (Å²) >= 11 is 0. The minimum absolute atomic E-state index is 0.160. The lowest BCUT2D eigenvalue weighted by molar-refractivity contribution is -0.123. The van der Waals surface area contributed by atoms with E-state index in [0.29, 0.717) is 5.78 Å². The number of rotatable bonds is 8. The van der Waals surface area contributed by atoms with Crippen LogP contribution in [0.15, 0.2) is 0 Å². The summed E-state index contributed by atoms with van der Waals surface area (Å²) in [4.78, 5) is 12.2. The first kappa shape index (κ1) is 17.0. The number of hydrogen-bond acceptors (Lipinski definition) is 1. The smallest absolute Gasteiger partial charge is 0.146 e. The van der Waals surface area contributed by atoms with Gasteiger partial charge in [0.25, 0.3) is 0 Å². The molecule has 0 aromatic rings. The molecular weight excluding hydrogens is 228 g/mol. The first-order chi connectivity index (χ1) is 7.75. The van der Waals surface area contributed by atoms with Crippen LogP contribution in [0, 0.1) is 5.41 Å². The quantitative estimate of drug-likeness (QED) is 0.621. The van der Waals surface area contributed by atoms with E-state index < -0.39 is 10.0 Å². The van der Waals surface area contributed by atoms with E-state index in [9.17, 15) is 4.79 Å². The minimum atomic E-state index is -0.695. The summed E-state index contributed by atoms with van der Waals surface area (Å²) < 4.78 is 0. The van der Waals surface area contributed by atoms with Gasteiger partial charge in [0.05, 0.1) is 0 Å². The Labute approximate surface area is 110 Å². The molecule has 0 aliphatic heterocycles. The summed E-state index contributed by atoms with van der Waals surface area (Å²) in [7, 11) is -0.695. The van der Waals surface area contributed by atoms with Crippen molar-refractivity contribution < 1.29 is 4.79 Å². The van der Waals surface area contributed by atoms with E-state index in [4.69, 9.17) is 0 Å². The van der Waals surface area contributed by atoms with Crippen molar-refractivity contribution in [2.75, 3.05) is 23.5 Å². The largest absolute Gasteiger partial charge is 0.298 e. The Kier molecular flexibility index (Phi) is 7.46. The van der Waals surface area contributed by atoms with Crippen molar-refractivity contribution in [1.29, 1.82) is 0 Å². The monoisotopic (exact) mass is 260 g/mol. The molecule has 0 bridgehead atoms. The molecule has 0 saturated heterocycles. The fraction of sp³-hybridized carbons (Fsp3) is 0.933. The van der Waals surface area contributed by atoms with Crippen molar-refractivity contribution in [2.45, 2.75) is 60.3 Å². The van der Waals surface area contributed by atoms with Crippen LogP contribution in [0.2, 0.25) is 0 Å². The number of hydrogen-bond donors (Lipinski definition) is 0. The van der Waals surface area contributed by atoms with E-state index in [2.05, 4.69) is 40.9 Å². The van der Waals surface area contributed by atoms with E-state index >= 15 is 0 Å². The summed E-state index contributed by atoms with van der Waals surface area (Å²) in [6.07, 6.45) is 7.46. The van der Waals surface area contributed by atoms with Crippen molar-refractivity contribution in [3.8, 4) is 0 Å². The van der Waals surface area contributed by atoms with E-state index in [1.807, 2.05) is 0 Å². The Hall–Kier alpha value is 0.0200. The van der Waals surface area contributed by atoms with Crippen LogP contribution in [-0.4, -0.2) is 29.3 Å². The number of Topliss-reactive ketones (excluding diaryl/α,β-unsaturated/α-hetero) is 1. The molecule has 0 aliphatic rings. The Morgan fingerprint density at radius 3 is 1.71 bits per heavy atom. The minimum Gasteiger partial charge on any atom is -0.298 e. The van der Waals surface area contributed by atoms with E-state index in [-0.39, 0.29) is 5.41 Å². The maximum atomic E-state index is 12.2. The fourth-order valence-corrected chi connectivity index (χ4v) is 5.29. The molecule has 0 radical (unpaired) electrons. The lowest BCUT2D eigenvalue weighted by atomic mass is 9.92. The SMILES string of the molecule is CCCCS(C)(CCCC)CC(=O)C(C)(C)C. The van der Waals surface area contributed by atoms with Crippen LogP contribution in [0.3, 0.4) is 0 Å². The molecule has 0 saturated carbocycles. The molecule has 0 atom stereocenters. The third-order valence-electron chi connectivity index (χ3n) is 3.30. The number of carbonyl (C=O) groups excluding carboxylic acids is 1. The molecule has 0 unspecified atom stereocenters. The second-order valence-electron chi connectivity index (χ2n) is 6.41. The van der Waals surface area contributed by atoms with Gasteiger partial charge in [-0.3, -0.25) is 4.79 Å². The molecule has 17 heavy (non-hydrogen) atoms. The maximum absolute atomic E-state index is 12.2. The highest BCUT2D eigenvalue weighted by atomic mass is 32.3. The van der Waals surface area contributed by atoms with Crippen LogP contribution < -0.4 is 0 Å². The van der Waals surface area contributed by atoms with E-state index in [0.717, 1.165) is 5.75 Å². The highest BCUT2D eigenvalue weighted by molar-refractivity contribution is 8.33. The predicted molar refractivity (Wildman–Crippen MR) is 82.4 cm³/mol. The third kappa shape index (κ3) is 7.13. The van der Waals surface area contributed by atoms with Crippen LogP contribution in [-0.2, 0) is 4.79 Å². The predicted octanol–water partition coefficient (Wildman–Crippen LogP) is 4.64. The molecule has 0 spiro atoms. The van der Waals surface area contributed by atoms with Crippen LogP contribution in [0.1, 0.15) is 60.3 Å². The zero-order valence-corrected chi connectivity index (χ0v) is 13.6. The second-order valence-corrected chi connectivity index (χ2v) is 10.5. The van der Waals surface area contributed by atoms with Gasteiger partial charge in [0.2, 0.25) is 0 Å². The van der Waals surface area contributed by atoms with Gasteiger partial charge in [-0.25, -0.2) is 10.0 Å². The first-order valence-corrected chi connectivity index (χ1v) is 9.54. The van der Waals surface area contributed by atoms with Gasteiger partial charge >= 0.3 is 0 Å². The summed E-state index contributed by atoms with van der Waals surface area (Å²) in [6.45, 7) is 10.6. The standard InChI is InChI=1S/C15H32OS/c1-7-9-11-17(6,12-10-8-2)13-14(16)15(3,4)5/h7-13H2,1-6H3. The fourth-order valence-electron chi connectivity index (χ4n) is 1.76. The first-order valence-electron chi connectivity index (χ1n) is 7.00. The van der Waals surface area contributed by atoms with Crippen LogP contribution in [0.5, 0.6) is 0 Å². The van der Waals surface area contributed by atoms with Gasteiger partial charge in [0.1, 0.15) is 5.78 Å². The summed E-state index contributed by atoms with van der Waals surface area (Å²) in [6, 6.07) is 0. The van der Waals surface area contributed by atoms with Crippen molar-refractivity contribution in [2.24, 2.45) is 5.41 Å². The second kappa shape index (κ2) is 7.45. The molecule has 0 aliphatic carbocycles. The molecule has 0 fully saturated rings. The van der Waals surface area contributed by atoms with Crippen LogP contribution in [0.4, 0.5) is 0 Å².